The number of nitrogens with one attached hydrogen (secondary N) is 1. The molecule has 1 aliphatic heterocycles. The van der Waals surface area contributed by atoms with Gasteiger partial charge in [0.05, 0.1) is 6.61 Å². The molecule has 0 bridgehead atoms. The van der Waals surface area contributed by atoms with Gasteiger partial charge in [0, 0.05) is 24.1 Å². The van der Waals surface area contributed by atoms with Crippen molar-refractivity contribution < 1.29 is 9.53 Å². The molecule has 1 aromatic rings. The highest BCUT2D eigenvalue weighted by Gasteiger charge is 2.27. The topological polar surface area (TPSA) is 64.4 Å². The maximum Gasteiger partial charge on any atom is 0.227 e. The molecule has 4 heteroatoms. The summed E-state index contributed by atoms with van der Waals surface area (Å²) in [6.07, 6.45) is 3.59. The van der Waals surface area contributed by atoms with Gasteiger partial charge in [-0.05, 0) is 43.0 Å². The minimum Gasteiger partial charge on any atom is -0.493 e. The van der Waals surface area contributed by atoms with Crippen LogP contribution in [-0.2, 0) is 11.2 Å². The maximum atomic E-state index is 12.1. The first-order valence-electron chi connectivity index (χ1n) is 6.54. The van der Waals surface area contributed by atoms with Gasteiger partial charge < -0.3 is 15.8 Å². The van der Waals surface area contributed by atoms with E-state index in [0.717, 1.165) is 43.7 Å². The van der Waals surface area contributed by atoms with Gasteiger partial charge in [0.25, 0.3) is 0 Å². The number of fused-ring (bicyclic) bond motifs is 1. The minimum absolute atomic E-state index is 0.0736. The molecule has 0 radical (unpaired) electrons. The van der Waals surface area contributed by atoms with E-state index >= 15 is 0 Å². The van der Waals surface area contributed by atoms with E-state index in [1.807, 2.05) is 18.2 Å². The van der Waals surface area contributed by atoms with E-state index in [1.165, 1.54) is 5.56 Å². The van der Waals surface area contributed by atoms with E-state index in [0.29, 0.717) is 0 Å². The van der Waals surface area contributed by atoms with Crippen molar-refractivity contribution in [3.05, 3.63) is 23.8 Å². The van der Waals surface area contributed by atoms with Crippen LogP contribution < -0.4 is 15.8 Å². The lowest BCUT2D eigenvalue weighted by molar-refractivity contribution is -0.119. The normalized spacial score (nSPS) is 25.6. The van der Waals surface area contributed by atoms with Crippen molar-refractivity contribution in [2.45, 2.75) is 31.7 Å². The van der Waals surface area contributed by atoms with Crippen LogP contribution in [0.15, 0.2) is 18.2 Å². The zero-order valence-corrected chi connectivity index (χ0v) is 10.3. The lowest BCUT2D eigenvalue weighted by Crippen LogP contribution is -2.23. The molecule has 1 amide bonds. The Hall–Kier alpha value is -1.55. The fourth-order valence-corrected chi connectivity index (χ4v) is 2.76. The average Bonchev–Trinajstić information content (AvgIpc) is 2.96. The monoisotopic (exact) mass is 246 g/mol. The molecule has 0 spiro atoms. The molecule has 1 saturated carbocycles. The molecule has 3 rings (SSSR count). The molecular formula is C14H18N2O2. The van der Waals surface area contributed by atoms with E-state index in [1.54, 1.807) is 0 Å². The Morgan fingerprint density at radius 1 is 1.39 bits per heavy atom. The number of hydrogen-bond acceptors (Lipinski definition) is 3. The number of benzene rings is 1. The highest BCUT2D eigenvalue weighted by molar-refractivity contribution is 5.93. The van der Waals surface area contributed by atoms with Crippen LogP contribution in [0.4, 0.5) is 5.69 Å². The number of carbonyl (C=O) groups excluding carboxylic acids is 1. The molecule has 1 heterocycles. The number of hydrogen-bond donors (Lipinski definition) is 2. The lowest BCUT2D eigenvalue weighted by Gasteiger charge is -2.11. The number of anilines is 1. The second kappa shape index (κ2) is 4.61. The van der Waals surface area contributed by atoms with Gasteiger partial charge in [0.15, 0.2) is 0 Å². The molecule has 1 aliphatic carbocycles. The fraction of sp³-hybridized carbons (Fsp3) is 0.500. The maximum absolute atomic E-state index is 12.1. The molecule has 2 aliphatic rings. The Kier molecular flexibility index (Phi) is 2.96. The third-order valence-electron chi connectivity index (χ3n) is 3.80. The Labute approximate surface area is 107 Å². The van der Waals surface area contributed by atoms with Gasteiger partial charge in [-0.1, -0.05) is 0 Å². The first kappa shape index (κ1) is 11.5. The highest BCUT2D eigenvalue weighted by Crippen LogP contribution is 2.29. The highest BCUT2D eigenvalue weighted by atomic mass is 16.5. The van der Waals surface area contributed by atoms with Crippen molar-refractivity contribution in [1.82, 2.24) is 0 Å². The summed E-state index contributed by atoms with van der Waals surface area (Å²) in [4.78, 5) is 12.1. The number of ether oxygens (including phenoxy) is 1. The Balaban J connectivity index is 1.67. The number of carbonyl (C=O) groups is 1. The molecule has 96 valence electrons. The predicted molar refractivity (Wildman–Crippen MR) is 69.6 cm³/mol. The summed E-state index contributed by atoms with van der Waals surface area (Å²) in [5, 5.41) is 2.98. The van der Waals surface area contributed by atoms with E-state index in [2.05, 4.69) is 5.32 Å². The summed E-state index contributed by atoms with van der Waals surface area (Å²) in [5.41, 5.74) is 7.88. The number of amides is 1. The Bertz CT molecular complexity index is 473. The summed E-state index contributed by atoms with van der Waals surface area (Å²) in [6.45, 7) is 0.740. The quantitative estimate of drug-likeness (QED) is 0.834. The number of nitrogens with two attached hydrogens (primary N) is 1. The van der Waals surface area contributed by atoms with Crippen LogP contribution in [-0.4, -0.2) is 18.6 Å². The van der Waals surface area contributed by atoms with E-state index in [-0.39, 0.29) is 17.9 Å². The summed E-state index contributed by atoms with van der Waals surface area (Å²) in [5.74, 6) is 1.11. The molecule has 0 aromatic heterocycles. The third-order valence-corrected chi connectivity index (χ3v) is 3.80. The first-order valence-corrected chi connectivity index (χ1v) is 6.54. The van der Waals surface area contributed by atoms with Gasteiger partial charge in [0.1, 0.15) is 5.75 Å². The summed E-state index contributed by atoms with van der Waals surface area (Å²) in [6, 6.07) is 6.03. The molecule has 0 saturated heterocycles. The zero-order chi connectivity index (χ0) is 12.5. The van der Waals surface area contributed by atoms with Crippen LogP contribution in [0.25, 0.3) is 0 Å². The van der Waals surface area contributed by atoms with Crippen molar-refractivity contribution in [3.63, 3.8) is 0 Å². The first-order chi connectivity index (χ1) is 8.72. The average molecular weight is 246 g/mol. The SMILES string of the molecule is NC1CCC(C(=O)Nc2ccc3c(c2)CCO3)C1. The summed E-state index contributed by atoms with van der Waals surface area (Å²) >= 11 is 0. The van der Waals surface area contributed by atoms with Gasteiger partial charge in [-0.2, -0.15) is 0 Å². The van der Waals surface area contributed by atoms with E-state index in [9.17, 15) is 4.79 Å². The van der Waals surface area contributed by atoms with Crippen LogP contribution in [0.2, 0.25) is 0 Å². The smallest absolute Gasteiger partial charge is 0.227 e. The molecular weight excluding hydrogens is 228 g/mol. The van der Waals surface area contributed by atoms with E-state index in [4.69, 9.17) is 10.5 Å². The van der Waals surface area contributed by atoms with Gasteiger partial charge >= 0.3 is 0 Å². The third kappa shape index (κ3) is 2.20. The van der Waals surface area contributed by atoms with Crippen LogP contribution >= 0.6 is 0 Å². The summed E-state index contributed by atoms with van der Waals surface area (Å²) < 4.78 is 5.44. The zero-order valence-electron chi connectivity index (χ0n) is 10.3. The Morgan fingerprint density at radius 2 is 2.28 bits per heavy atom. The van der Waals surface area contributed by atoms with Gasteiger partial charge in [-0.15, -0.1) is 0 Å². The van der Waals surface area contributed by atoms with Crippen molar-refractivity contribution in [3.8, 4) is 5.75 Å². The molecule has 18 heavy (non-hydrogen) atoms. The summed E-state index contributed by atoms with van der Waals surface area (Å²) in [7, 11) is 0. The Morgan fingerprint density at radius 3 is 3.06 bits per heavy atom. The molecule has 2 atom stereocenters. The van der Waals surface area contributed by atoms with Gasteiger partial charge in [-0.25, -0.2) is 0 Å². The van der Waals surface area contributed by atoms with Crippen molar-refractivity contribution >= 4 is 11.6 Å². The van der Waals surface area contributed by atoms with E-state index < -0.39 is 0 Å². The van der Waals surface area contributed by atoms with Crippen LogP contribution in [0.3, 0.4) is 0 Å². The van der Waals surface area contributed by atoms with Crippen LogP contribution in [0.1, 0.15) is 24.8 Å². The lowest BCUT2D eigenvalue weighted by atomic mass is 10.1. The fourth-order valence-electron chi connectivity index (χ4n) is 2.76. The van der Waals surface area contributed by atoms with Crippen molar-refractivity contribution in [2.24, 2.45) is 11.7 Å². The van der Waals surface area contributed by atoms with Crippen LogP contribution in [0.5, 0.6) is 5.75 Å². The van der Waals surface area contributed by atoms with Crippen LogP contribution in [0, 0.1) is 5.92 Å². The predicted octanol–water partition coefficient (Wildman–Crippen LogP) is 1.69. The minimum atomic E-state index is 0.0736. The molecule has 3 N–H and O–H groups in total. The molecule has 1 fully saturated rings. The largest absolute Gasteiger partial charge is 0.493 e. The second-order valence-corrected chi connectivity index (χ2v) is 5.18. The molecule has 1 aromatic carbocycles. The molecule has 2 unspecified atom stereocenters. The second-order valence-electron chi connectivity index (χ2n) is 5.18. The standard InChI is InChI=1S/C14H18N2O2/c15-11-2-1-10(7-11)14(17)16-12-3-4-13-9(8-12)5-6-18-13/h3-4,8,10-11H,1-2,5-7,15H2,(H,16,17). The van der Waals surface area contributed by atoms with Crippen molar-refractivity contribution in [2.75, 3.05) is 11.9 Å². The van der Waals surface area contributed by atoms with Gasteiger partial charge in [0.2, 0.25) is 5.91 Å². The van der Waals surface area contributed by atoms with Gasteiger partial charge in [-0.3, -0.25) is 4.79 Å². The molecule has 4 nitrogen and oxygen atoms in total. The van der Waals surface area contributed by atoms with Crippen molar-refractivity contribution in [1.29, 1.82) is 0 Å². The number of rotatable bonds is 2.